The summed E-state index contributed by atoms with van der Waals surface area (Å²) in [5, 5.41) is 5.07. The van der Waals surface area contributed by atoms with Crippen molar-refractivity contribution in [2.45, 2.75) is 63.2 Å². The fourth-order valence-electron chi connectivity index (χ4n) is 10.9. The Bertz CT molecular complexity index is 3230. The monoisotopic (exact) mass is 812 g/mol. The van der Waals surface area contributed by atoms with Crippen molar-refractivity contribution in [1.29, 1.82) is 0 Å². The lowest BCUT2D eigenvalue weighted by atomic mass is 9.76. The summed E-state index contributed by atoms with van der Waals surface area (Å²) in [5.74, 6) is 0.868. The SMILES string of the molecule is CC(c1ccc2c(c1)C(C)(C)c1cc(CCC(c3ccccc3)c3ccc4c(c3)oc3ccccc34)c3ccccc3c1-2)C(Cc1ccc(-c2ccccc2)cc1)c1ccccc1. The summed E-state index contributed by atoms with van der Waals surface area (Å²) in [4.78, 5) is 0. The average molecular weight is 813 g/mol. The van der Waals surface area contributed by atoms with Crippen LogP contribution in [0.4, 0.5) is 0 Å². The van der Waals surface area contributed by atoms with E-state index < -0.39 is 0 Å². The van der Waals surface area contributed by atoms with E-state index in [1.807, 2.05) is 6.07 Å². The van der Waals surface area contributed by atoms with Crippen molar-refractivity contribution in [2.75, 3.05) is 0 Å². The molecule has 1 aliphatic carbocycles. The van der Waals surface area contributed by atoms with Crippen LogP contribution in [0.1, 0.15) is 89.5 Å². The third-order valence-corrected chi connectivity index (χ3v) is 14.4. The fourth-order valence-corrected chi connectivity index (χ4v) is 10.9. The van der Waals surface area contributed by atoms with Crippen molar-refractivity contribution in [3.05, 3.63) is 251 Å². The highest BCUT2D eigenvalue weighted by atomic mass is 16.3. The maximum Gasteiger partial charge on any atom is 0.135 e. The molecule has 3 unspecified atom stereocenters. The van der Waals surface area contributed by atoms with E-state index in [1.54, 1.807) is 0 Å². The first-order chi connectivity index (χ1) is 30.9. The quantitative estimate of drug-likeness (QED) is 0.127. The zero-order valence-corrected chi connectivity index (χ0v) is 36.4. The van der Waals surface area contributed by atoms with Gasteiger partial charge in [0, 0.05) is 22.1 Å². The minimum Gasteiger partial charge on any atom is -0.456 e. The maximum atomic E-state index is 6.41. The van der Waals surface area contributed by atoms with Crippen molar-refractivity contribution in [3.8, 4) is 22.3 Å². The van der Waals surface area contributed by atoms with Gasteiger partial charge in [-0.2, -0.15) is 0 Å². The van der Waals surface area contributed by atoms with Crippen LogP contribution < -0.4 is 0 Å². The molecule has 0 spiro atoms. The molecule has 0 saturated heterocycles. The molecule has 0 aliphatic heterocycles. The molecule has 63 heavy (non-hydrogen) atoms. The number of fused-ring (bicyclic) bond motifs is 8. The molecule has 0 fully saturated rings. The first-order valence-corrected chi connectivity index (χ1v) is 22.8. The van der Waals surface area contributed by atoms with Crippen LogP contribution in [0.15, 0.2) is 211 Å². The fraction of sp³-hybridized carbons (Fsp3) is 0.161. The van der Waals surface area contributed by atoms with Crippen LogP contribution in [0.2, 0.25) is 0 Å². The van der Waals surface area contributed by atoms with E-state index in [1.165, 1.54) is 88.3 Å². The molecule has 1 heterocycles. The van der Waals surface area contributed by atoms with Crippen LogP contribution in [-0.4, -0.2) is 0 Å². The average Bonchev–Trinajstić information content (AvgIpc) is 3.82. The summed E-state index contributed by atoms with van der Waals surface area (Å²) in [7, 11) is 0. The highest BCUT2D eigenvalue weighted by molar-refractivity contribution is 6.05. The van der Waals surface area contributed by atoms with Gasteiger partial charge in [-0.3, -0.25) is 0 Å². The van der Waals surface area contributed by atoms with E-state index in [-0.39, 0.29) is 11.3 Å². The zero-order chi connectivity index (χ0) is 42.5. The van der Waals surface area contributed by atoms with E-state index in [2.05, 4.69) is 221 Å². The highest BCUT2D eigenvalue weighted by Gasteiger charge is 2.38. The van der Waals surface area contributed by atoms with Crippen LogP contribution >= 0.6 is 0 Å². The molecule has 1 aromatic heterocycles. The Kier molecular flexibility index (Phi) is 9.92. The molecule has 0 bridgehead atoms. The lowest BCUT2D eigenvalue weighted by Crippen LogP contribution is -2.17. The lowest BCUT2D eigenvalue weighted by molar-refractivity contribution is 0.570. The van der Waals surface area contributed by atoms with Gasteiger partial charge in [0.15, 0.2) is 0 Å². The Morgan fingerprint density at radius 2 is 1.06 bits per heavy atom. The van der Waals surface area contributed by atoms with Gasteiger partial charge in [0.25, 0.3) is 0 Å². The van der Waals surface area contributed by atoms with Crippen LogP contribution in [0.5, 0.6) is 0 Å². The zero-order valence-electron chi connectivity index (χ0n) is 36.4. The van der Waals surface area contributed by atoms with Gasteiger partial charge >= 0.3 is 0 Å². The predicted octanol–water partition coefficient (Wildman–Crippen LogP) is 16.6. The summed E-state index contributed by atoms with van der Waals surface area (Å²) in [6, 6.07) is 76.5. The van der Waals surface area contributed by atoms with Gasteiger partial charge in [0.2, 0.25) is 0 Å². The molecule has 1 aliphatic rings. The molecule has 9 aromatic carbocycles. The Labute approximate surface area is 371 Å². The second kappa shape index (κ2) is 16.1. The lowest BCUT2D eigenvalue weighted by Gasteiger charge is -2.28. The van der Waals surface area contributed by atoms with E-state index in [4.69, 9.17) is 4.42 Å². The van der Waals surface area contributed by atoms with Crippen molar-refractivity contribution in [1.82, 2.24) is 0 Å². The van der Waals surface area contributed by atoms with Gasteiger partial charge in [0.1, 0.15) is 11.2 Å². The standard InChI is InChI=1S/C62H52O/c1-41(56(46-21-11-6-12-22-46)37-42-27-29-44(30-28-42)43-17-7-4-8-18-43)47-31-36-55-57(38-47)62(2,3)58-39-48(51-23-13-14-25-54(51)61(55)58)32-34-50(45-19-9-5-10-20-45)49-33-35-53-52-24-15-16-26-59(52)63-60(53)40-49/h4-31,33,35-36,38-41,50,56H,32,34,37H2,1-3H3. The Hall–Kier alpha value is -6.96. The van der Waals surface area contributed by atoms with Gasteiger partial charge in [-0.15, -0.1) is 0 Å². The van der Waals surface area contributed by atoms with Gasteiger partial charge in [-0.05, 0) is 121 Å². The van der Waals surface area contributed by atoms with Gasteiger partial charge in [0.05, 0.1) is 0 Å². The molecular weight excluding hydrogens is 761 g/mol. The normalized spacial score (nSPS) is 14.4. The smallest absolute Gasteiger partial charge is 0.135 e. The minimum absolute atomic E-state index is 0.153. The number of hydrogen-bond acceptors (Lipinski definition) is 1. The third kappa shape index (κ3) is 7.07. The molecule has 306 valence electrons. The van der Waals surface area contributed by atoms with Crippen molar-refractivity contribution >= 4 is 32.7 Å². The Morgan fingerprint density at radius 3 is 1.81 bits per heavy atom. The number of rotatable bonds is 11. The molecular formula is C62H52O. The summed E-state index contributed by atoms with van der Waals surface area (Å²) in [6.07, 6.45) is 2.93. The molecule has 3 atom stereocenters. The molecule has 11 rings (SSSR count). The van der Waals surface area contributed by atoms with Crippen LogP contribution in [0.25, 0.3) is 55.0 Å². The predicted molar refractivity (Wildman–Crippen MR) is 265 cm³/mol. The summed E-state index contributed by atoms with van der Waals surface area (Å²) >= 11 is 0. The number of furan rings is 1. The Balaban J connectivity index is 0.926. The summed E-state index contributed by atoms with van der Waals surface area (Å²) in [5.41, 5.74) is 18.1. The summed E-state index contributed by atoms with van der Waals surface area (Å²) < 4.78 is 6.41. The number of hydrogen-bond donors (Lipinski definition) is 0. The molecule has 0 amide bonds. The van der Waals surface area contributed by atoms with Crippen molar-refractivity contribution < 1.29 is 4.42 Å². The minimum atomic E-state index is -0.153. The van der Waals surface area contributed by atoms with E-state index in [0.717, 1.165) is 30.4 Å². The van der Waals surface area contributed by atoms with Crippen LogP contribution in [-0.2, 0) is 18.3 Å². The summed E-state index contributed by atoms with van der Waals surface area (Å²) in [6.45, 7) is 7.33. The molecule has 1 heteroatoms. The van der Waals surface area contributed by atoms with Crippen molar-refractivity contribution in [2.24, 2.45) is 0 Å². The van der Waals surface area contributed by atoms with E-state index in [0.29, 0.717) is 11.8 Å². The first kappa shape index (κ1) is 38.9. The topological polar surface area (TPSA) is 13.1 Å². The van der Waals surface area contributed by atoms with Gasteiger partial charge < -0.3 is 4.42 Å². The third-order valence-electron chi connectivity index (χ3n) is 14.4. The Morgan fingerprint density at radius 1 is 0.460 bits per heavy atom. The van der Waals surface area contributed by atoms with E-state index in [9.17, 15) is 0 Å². The number of aryl methyl sites for hydroxylation is 1. The van der Waals surface area contributed by atoms with Crippen LogP contribution in [0, 0.1) is 0 Å². The molecule has 1 nitrogen and oxygen atoms in total. The second-order valence-electron chi connectivity index (χ2n) is 18.4. The molecule has 0 saturated carbocycles. The first-order valence-electron chi connectivity index (χ1n) is 22.8. The maximum absolute atomic E-state index is 6.41. The van der Waals surface area contributed by atoms with Crippen LogP contribution in [0.3, 0.4) is 0 Å². The number of benzene rings is 9. The second-order valence-corrected chi connectivity index (χ2v) is 18.4. The molecule has 0 radical (unpaired) electrons. The van der Waals surface area contributed by atoms with Crippen molar-refractivity contribution in [3.63, 3.8) is 0 Å². The van der Waals surface area contributed by atoms with Gasteiger partial charge in [-0.1, -0.05) is 215 Å². The highest BCUT2D eigenvalue weighted by Crippen LogP contribution is 2.53. The largest absolute Gasteiger partial charge is 0.456 e. The van der Waals surface area contributed by atoms with E-state index >= 15 is 0 Å². The van der Waals surface area contributed by atoms with Gasteiger partial charge in [-0.25, -0.2) is 0 Å². The number of para-hydroxylation sites is 1. The molecule has 10 aromatic rings. The molecule has 0 N–H and O–H groups in total.